The lowest BCUT2D eigenvalue weighted by molar-refractivity contribution is 0.117. The molecule has 0 spiro atoms. The Balaban J connectivity index is 1.38. The monoisotopic (exact) mass is 351 g/mol. The molecule has 0 radical (unpaired) electrons. The molecule has 5 heteroatoms. The van der Waals surface area contributed by atoms with Crippen LogP contribution in [0.1, 0.15) is 21.7 Å². The molecular weight excluding hydrogens is 330 g/mol. The van der Waals surface area contributed by atoms with E-state index in [1.807, 2.05) is 6.07 Å². The summed E-state index contributed by atoms with van der Waals surface area (Å²) in [5.41, 5.74) is 5.90. The highest BCUT2D eigenvalue weighted by Gasteiger charge is 2.28. The number of oxime groups is 1. The van der Waals surface area contributed by atoms with Crippen molar-refractivity contribution in [2.45, 2.75) is 13.5 Å². The van der Waals surface area contributed by atoms with Crippen molar-refractivity contribution in [2.75, 3.05) is 20.2 Å². The van der Waals surface area contributed by atoms with Crippen LogP contribution in [0.3, 0.4) is 0 Å². The van der Waals surface area contributed by atoms with E-state index < -0.39 is 0 Å². The number of nitrogens with zero attached hydrogens (tertiary/aromatic N) is 3. The van der Waals surface area contributed by atoms with Crippen molar-refractivity contribution in [3.63, 3.8) is 0 Å². The summed E-state index contributed by atoms with van der Waals surface area (Å²) in [6.45, 7) is 4.47. The molecule has 0 saturated heterocycles. The predicted molar refractivity (Wildman–Crippen MR) is 103 cm³/mol. The van der Waals surface area contributed by atoms with Crippen LogP contribution in [0, 0.1) is 6.92 Å². The SMILES string of the molecule is Cc1csc2c1-n1cccc1/C2=N/OCCN(C)Cc1ccccc1. The Morgan fingerprint density at radius 2 is 2.00 bits per heavy atom. The summed E-state index contributed by atoms with van der Waals surface area (Å²) in [6, 6.07) is 14.6. The zero-order chi connectivity index (χ0) is 17.2. The van der Waals surface area contributed by atoms with Gasteiger partial charge in [-0.05, 0) is 42.6 Å². The Kier molecular flexibility index (Phi) is 4.42. The second kappa shape index (κ2) is 6.86. The molecule has 3 heterocycles. The van der Waals surface area contributed by atoms with Gasteiger partial charge >= 0.3 is 0 Å². The molecule has 0 atom stereocenters. The van der Waals surface area contributed by atoms with Gasteiger partial charge in [0.25, 0.3) is 0 Å². The number of fused-ring (bicyclic) bond motifs is 3. The average Bonchev–Trinajstić information content (AvgIpc) is 3.28. The number of hydrogen-bond acceptors (Lipinski definition) is 4. The largest absolute Gasteiger partial charge is 0.394 e. The molecule has 0 aliphatic carbocycles. The zero-order valence-electron chi connectivity index (χ0n) is 14.5. The molecule has 1 aliphatic heterocycles. The molecule has 4 nitrogen and oxygen atoms in total. The molecule has 4 rings (SSSR count). The van der Waals surface area contributed by atoms with E-state index in [1.54, 1.807) is 11.3 Å². The van der Waals surface area contributed by atoms with Crippen LogP contribution in [0.5, 0.6) is 0 Å². The molecule has 0 unspecified atom stereocenters. The molecule has 0 amide bonds. The van der Waals surface area contributed by atoms with Crippen molar-refractivity contribution >= 4 is 17.0 Å². The number of aromatic nitrogens is 1. The molecule has 0 fully saturated rings. The van der Waals surface area contributed by atoms with Crippen molar-refractivity contribution in [1.82, 2.24) is 9.47 Å². The number of aryl methyl sites for hydroxylation is 1. The highest BCUT2D eigenvalue weighted by Crippen LogP contribution is 2.35. The molecule has 0 N–H and O–H groups in total. The van der Waals surface area contributed by atoms with Gasteiger partial charge in [0, 0.05) is 19.3 Å². The summed E-state index contributed by atoms with van der Waals surface area (Å²) in [5.74, 6) is 0. The Morgan fingerprint density at radius 1 is 1.16 bits per heavy atom. The fourth-order valence-electron chi connectivity index (χ4n) is 3.16. The number of hydrogen-bond donors (Lipinski definition) is 0. The minimum absolute atomic E-state index is 0.577. The van der Waals surface area contributed by atoms with Crippen LogP contribution < -0.4 is 0 Å². The van der Waals surface area contributed by atoms with Gasteiger partial charge in [0.2, 0.25) is 0 Å². The molecule has 1 aliphatic rings. The van der Waals surface area contributed by atoms with Crippen LogP contribution in [-0.2, 0) is 11.4 Å². The highest BCUT2D eigenvalue weighted by atomic mass is 32.1. The van der Waals surface area contributed by atoms with Crippen LogP contribution in [0.15, 0.2) is 59.2 Å². The first-order chi connectivity index (χ1) is 12.2. The van der Waals surface area contributed by atoms with Gasteiger partial charge in [0.05, 0.1) is 16.3 Å². The normalized spacial score (nSPS) is 14.1. The lowest BCUT2D eigenvalue weighted by Crippen LogP contribution is -2.22. The number of thiophene rings is 1. The van der Waals surface area contributed by atoms with Crippen molar-refractivity contribution in [3.05, 3.63) is 75.7 Å². The van der Waals surface area contributed by atoms with E-state index in [1.165, 1.54) is 21.7 Å². The van der Waals surface area contributed by atoms with Gasteiger partial charge in [-0.25, -0.2) is 0 Å². The molecule has 1 aromatic carbocycles. The fourth-order valence-corrected chi connectivity index (χ4v) is 4.19. The van der Waals surface area contributed by atoms with Crippen LogP contribution >= 0.6 is 11.3 Å². The Hall–Kier alpha value is -2.37. The van der Waals surface area contributed by atoms with Crippen molar-refractivity contribution in [3.8, 4) is 5.69 Å². The Labute approximate surface area is 152 Å². The van der Waals surface area contributed by atoms with Gasteiger partial charge in [-0.1, -0.05) is 35.5 Å². The van der Waals surface area contributed by atoms with E-state index in [4.69, 9.17) is 4.84 Å². The topological polar surface area (TPSA) is 29.8 Å². The highest BCUT2D eigenvalue weighted by molar-refractivity contribution is 7.13. The summed E-state index contributed by atoms with van der Waals surface area (Å²) in [5, 5.41) is 6.63. The van der Waals surface area contributed by atoms with Gasteiger partial charge in [-0.3, -0.25) is 4.90 Å². The van der Waals surface area contributed by atoms with Gasteiger partial charge in [-0.2, -0.15) is 0 Å². The number of benzene rings is 1. The minimum Gasteiger partial charge on any atom is -0.394 e. The van der Waals surface area contributed by atoms with Gasteiger partial charge in [0.15, 0.2) is 0 Å². The van der Waals surface area contributed by atoms with E-state index >= 15 is 0 Å². The second-order valence-corrected chi connectivity index (χ2v) is 7.24. The summed E-state index contributed by atoms with van der Waals surface area (Å²) >= 11 is 1.73. The quantitative estimate of drug-likeness (QED) is 0.387. The smallest absolute Gasteiger partial charge is 0.146 e. The molecular formula is C20H21N3OS. The van der Waals surface area contributed by atoms with Crippen LogP contribution in [0.4, 0.5) is 0 Å². The molecule has 0 bridgehead atoms. The molecule has 2 aromatic heterocycles. The Bertz CT molecular complexity index is 895. The van der Waals surface area contributed by atoms with Crippen LogP contribution in [-0.4, -0.2) is 35.4 Å². The van der Waals surface area contributed by atoms with E-state index in [0.29, 0.717) is 6.61 Å². The van der Waals surface area contributed by atoms with Gasteiger partial charge in [-0.15, -0.1) is 11.3 Å². The van der Waals surface area contributed by atoms with Crippen molar-refractivity contribution in [2.24, 2.45) is 5.16 Å². The van der Waals surface area contributed by atoms with E-state index in [0.717, 1.165) is 24.5 Å². The number of rotatable bonds is 6. The lowest BCUT2D eigenvalue weighted by Gasteiger charge is -2.15. The summed E-state index contributed by atoms with van der Waals surface area (Å²) < 4.78 is 2.20. The molecule has 3 aromatic rings. The number of likely N-dealkylation sites (N-methyl/N-ethyl adjacent to an activating group) is 1. The first kappa shape index (κ1) is 16.1. The van der Waals surface area contributed by atoms with Gasteiger partial charge < -0.3 is 9.40 Å². The van der Waals surface area contributed by atoms with E-state index in [9.17, 15) is 0 Å². The van der Waals surface area contributed by atoms with Crippen molar-refractivity contribution < 1.29 is 4.84 Å². The molecule has 25 heavy (non-hydrogen) atoms. The summed E-state index contributed by atoms with van der Waals surface area (Å²) in [7, 11) is 2.10. The minimum atomic E-state index is 0.577. The average molecular weight is 351 g/mol. The zero-order valence-corrected chi connectivity index (χ0v) is 15.3. The molecule has 128 valence electrons. The third-order valence-electron chi connectivity index (χ3n) is 4.40. The standard InChI is InChI=1S/C20H21N3OS/c1-15-14-25-20-18(17-9-6-10-23(17)19(15)20)21-24-12-11-22(2)13-16-7-4-3-5-8-16/h3-10,14H,11-13H2,1-2H3/b21-18-. The maximum atomic E-state index is 5.66. The third-order valence-corrected chi connectivity index (χ3v) is 5.50. The van der Waals surface area contributed by atoms with Crippen LogP contribution in [0.25, 0.3) is 5.69 Å². The van der Waals surface area contributed by atoms with Crippen molar-refractivity contribution in [1.29, 1.82) is 0 Å². The maximum Gasteiger partial charge on any atom is 0.146 e. The van der Waals surface area contributed by atoms with Gasteiger partial charge in [0.1, 0.15) is 12.3 Å². The summed E-state index contributed by atoms with van der Waals surface area (Å²) in [4.78, 5) is 9.10. The third kappa shape index (κ3) is 3.13. The maximum absolute atomic E-state index is 5.66. The van der Waals surface area contributed by atoms with Crippen LogP contribution in [0.2, 0.25) is 0 Å². The summed E-state index contributed by atoms with van der Waals surface area (Å²) in [6.07, 6.45) is 2.09. The second-order valence-electron chi connectivity index (χ2n) is 6.36. The molecule has 0 saturated carbocycles. The first-order valence-electron chi connectivity index (χ1n) is 8.43. The van der Waals surface area contributed by atoms with E-state index in [2.05, 4.69) is 76.6 Å². The lowest BCUT2D eigenvalue weighted by atomic mass is 10.2. The fraction of sp³-hybridized carbons (Fsp3) is 0.250. The Morgan fingerprint density at radius 3 is 2.84 bits per heavy atom. The predicted octanol–water partition coefficient (Wildman–Crippen LogP) is 4.06. The van der Waals surface area contributed by atoms with E-state index in [-0.39, 0.29) is 0 Å². The first-order valence-corrected chi connectivity index (χ1v) is 9.31.